The molecule has 14 heteroatoms. The molecule has 2 N–H and O–H groups in total. The third kappa shape index (κ3) is 4.09. The van der Waals surface area contributed by atoms with Gasteiger partial charge in [0.1, 0.15) is 12.0 Å². The van der Waals surface area contributed by atoms with Crippen LogP contribution in [0.5, 0.6) is 0 Å². The normalized spacial score (nSPS) is 18.7. The highest BCUT2D eigenvalue weighted by molar-refractivity contribution is 7.14. The summed E-state index contributed by atoms with van der Waals surface area (Å²) in [6.07, 6.45) is -5.72. The van der Waals surface area contributed by atoms with Gasteiger partial charge >= 0.3 is 12.2 Å². The Balaban J connectivity index is 1.50. The number of carbonyl (C=O) groups excluding carboxylic acids is 3. The Morgan fingerprint density at radius 1 is 1.24 bits per heavy atom. The molecular weight excluding hydrogens is 480 g/mol. The Kier molecular flexibility index (Phi) is 5.81. The fourth-order valence-electron chi connectivity index (χ4n) is 3.70. The molecule has 3 heterocycles. The number of nitrogens with one attached hydrogen (secondary N) is 2. The van der Waals surface area contributed by atoms with Crippen LogP contribution in [0.25, 0.3) is 11.3 Å². The standard InChI is InChI=1S/C20H18F4N6O3S/c1-28-16-15(17(32)29(2)19(28)33)13(30(3)27-16)7-14(31)26-18-25-12(8-34-18)9-4-5-10(11(21)6-9)20(22,23)24/h4-6,8,16,27H,7H2,1-3H3,(H,25,26,31). The third-order valence-electron chi connectivity index (χ3n) is 5.46. The van der Waals surface area contributed by atoms with Crippen molar-refractivity contribution in [3.8, 4) is 11.3 Å². The lowest BCUT2D eigenvalue weighted by Crippen LogP contribution is -2.58. The van der Waals surface area contributed by atoms with Gasteiger partial charge in [-0.2, -0.15) is 13.2 Å². The highest BCUT2D eigenvalue weighted by Gasteiger charge is 2.45. The molecule has 0 bridgehead atoms. The lowest BCUT2D eigenvalue weighted by atomic mass is 10.1. The Morgan fingerprint density at radius 3 is 2.59 bits per heavy atom. The number of hydrazine groups is 1. The zero-order chi connectivity index (χ0) is 24.9. The van der Waals surface area contributed by atoms with Crippen LogP contribution in [0.4, 0.5) is 27.5 Å². The van der Waals surface area contributed by atoms with E-state index in [9.17, 15) is 31.9 Å². The van der Waals surface area contributed by atoms with Gasteiger partial charge in [0.05, 0.1) is 28.9 Å². The van der Waals surface area contributed by atoms with E-state index in [1.807, 2.05) is 0 Å². The predicted molar refractivity (Wildman–Crippen MR) is 113 cm³/mol. The van der Waals surface area contributed by atoms with E-state index in [1.54, 1.807) is 7.05 Å². The number of amides is 4. The summed E-state index contributed by atoms with van der Waals surface area (Å²) in [7, 11) is 4.49. The number of aromatic nitrogens is 1. The van der Waals surface area contributed by atoms with Crippen LogP contribution in [-0.2, 0) is 15.8 Å². The summed E-state index contributed by atoms with van der Waals surface area (Å²) < 4.78 is 52.2. The van der Waals surface area contributed by atoms with E-state index in [-0.39, 0.29) is 28.4 Å². The van der Waals surface area contributed by atoms with Crippen molar-refractivity contribution in [1.29, 1.82) is 0 Å². The monoisotopic (exact) mass is 498 g/mol. The summed E-state index contributed by atoms with van der Waals surface area (Å²) in [4.78, 5) is 43.9. The number of carbonyl (C=O) groups is 3. The molecule has 1 aromatic heterocycles. The van der Waals surface area contributed by atoms with Crippen LogP contribution < -0.4 is 10.7 Å². The highest BCUT2D eigenvalue weighted by Crippen LogP contribution is 2.34. The lowest BCUT2D eigenvalue weighted by molar-refractivity contribution is -0.140. The number of halogens is 4. The van der Waals surface area contributed by atoms with E-state index < -0.39 is 41.6 Å². The van der Waals surface area contributed by atoms with Crippen LogP contribution >= 0.6 is 11.3 Å². The number of alkyl halides is 3. The number of rotatable bonds is 4. The van der Waals surface area contributed by atoms with E-state index in [0.29, 0.717) is 11.8 Å². The van der Waals surface area contributed by atoms with Gasteiger partial charge in [-0.15, -0.1) is 11.3 Å². The predicted octanol–water partition coefficient (Wildman–Crippen LogP) is 2.85. The SMILES string of the molecule is CN1NC2C(=C1CC(=O)Nc1nc(-c3ccc(C(F)(F)F)c(F)c3)cs1)C(=O)N(C)C(=O)N2C. The zero-order valence-corrected chi connectivity index (χ0v) is 18.8. The molecule has 1 aromatic carbocycles. The van der Waals surface area contributed by atoms with Crippen LogP contribution in [0.15, 0.2) is 34.8 Å². The van der Waals surface area contributed by atoms with Crippen molar-refractivity contribution in [2.75, 3.05) is 26.5 Å². The second-order valence-electron chi connectivity index (χ2n) is 7.66. The number of thiazole rings is 1. The third-order valence-corrected chi connectivity index (χ3v) is 6.22. The second kappa shape index (κ2) is 8.36. The summed E-state index contributed by atoms with van der Waals surface area (Å²) in [6, 6.07) is 1.98. The Hall–Kier alpha value is -3.52. The maximum absolute atomic E-state index is 13.9. The minimum atomic E-state index is -4.81. The lowest BCUT2D eigenvalue weighted by Gasteiger charge is -2.35. The molecule has 0 saturated carbocycles. The highest BCUT2D eigenvalue weighted by atomic mass is 32.1. The van der Waals surface area contributed by atoms with E-state index in [0.717, 1.165) is 28.4 Å². The number of urea groups is 1. The molecule has 1 atom stereocenters. The molecule has 4 rings (SSSR count). The number of imide groups is 1. The van der Waals surface area contributed by atoms with Crippen molar-refractivity contribution in [1.82, 2.24) is 25.2 Å². The molecule has 34 heavy (non-hydrogen) atoms. The van der Waals surface area contributed by atoms with Crippen LogP contribution in [0, 0.1) is 5.82 Å². The van der Waals surface area contributed by atoms with E-state index in [4.69, 9.17) is 0 Å². The van der Waals surface area contributed by atoms with Crippen LogP contribution in [-0.4, -0.2) is 64.9 Å². The molecule has 1 fully saturated rings. The maximum Gasteiger partial charge on any atom is 0.419 e. The number of anilines is 1. The number of hydrogen-bond acceptors (Lipinski definition) is 7. The van der Waals surface area contributed by atoms with E-state index in [2.05, 4.69) is 15.7 Å². The first-order chi connectivity index (χ1) is 15.9. The summed E-state index contributed by atoms with van der Waals surface area (Å²) in [5, 5.41) is 5.69. The smallest absolute Gasteiger partial charge is 0.312 e. The van der Waals surface area contributed by atoms with Crippen molar-refractivity contribution in [2.24, 2.45) is 0 Å². The molecule has 1 saturated heterocycles. The first-order valence-electron chi connectivity index (χ1n) is 9.78. The fourth-order valence-corrected chi connectivity index (χ4v) is 4.43. The van der Waals surface area contributed by atoms with Gasteiger partial charge in [0.2, 0.25) is 5.91 Å². The molecule has 0 spiro atoms. The van der Waals surface area contributed by atoms with Gasteiger partial charge in [-0.3, -0.25) is 14.5 Å². The van der Waals surface area contributed by atoms with Crippen LogP contribution in [0.1, 0.15) is 12.0 Å². The molecule has 0 aliphatic carbocycles. The minimum Gasteiger partial charge on any atom is -0.312 e. The Bertz CT molecular complexity index is 1230. The topological polar surface area (TPSA) is 97.9 Å². The van der Waals surface area contributed by atoms with Crippen LogP contribution in [0.3, 0.4) is 0 Å². The first kappa shape index (κ1) is 23.6. The minimum absolute atomic E-state index is 0.123. The quantitative estimate of drug-likeness (QED) is 0.630. The molecule has 2 aliphatic heterocycles. The molecule has 9 nitrogen and oxygen atoms in total. The second-order valence-corrected chi connectivity index (χ2v) is 8.52. The van der Waals surface area contributed by atoms with Gasteiger partial charge in [0.15, 0.2) is 5.13 Å². The number of fused-ring (bicyclic) bond motifs is 1. The Morgan fingerprint density at radius 2 is 1.94 bits per heavy atom. The van der Waals surface area contributed by atoms with Crippen molar-refractivity contribution in [3.05, 3.63) is 46.2 Å². The van der Waals surface area contributed by atoms with Crippen molar-refractivity contribution >= 4 is 34.3 Å². The molecule has 2 aromatic rings. The van der Waals surface area contributed by atoms with Gasteiger partial charge in [-0.05, 0) is 12.1 Å². The average Bonchev–Trinajstić information content (AvgIpc) is 3.34. The van der Waals surface area contributed by atoms with Gasteiger partial charge in [0.25, 0.3) is 5.91 Å². The Labute approximate surface area is 194 Å². The molecule has 180 valence electrons. The number of likely N-dealkylation sites (N-methyl/N-ethyl adjacent to an activating group) is 2. The summed E-state index contributed by atoms with van der Waals surface area (Å²) in [5.74, 6) is -2.45. The van der Waals surface area contributed by atoms with Crippen molar-refractivity contribution in [3.63, 3.8) is 0 Å². The van der Waals surface area contributed by atoms with Gasteiger partial charge < -0.3 is 15.2 Å². The van der Waals surface area contributed by atoms with Gasteiger partial charge in [-0.1, -0.05) is 6.07 Å². The molecule has 4 amide bonds. The van der Waals surface area contributed by atoms with E-state index in [1.165, 1.54) is 29.4 Å². The van der Waals surface area contributed by atoms with Crippen molar-refractivity contribution in [2.45, 2.75) is 18.8 Å². The fraction of sp³-hybridized carbons (Fsp3) is 0.300. The number of hydrogen-bond donors (Lipinski definition) is 2. The summed E-state index contributed by atoms with van der Waals surface area (Å²) in [5.41, 5.74) is 2.54. The van der Waals surface area contributed by atoms with Gasteiger partial charge in [-0.25, -0.2) is 19.6 Å². The first-order valence-corrected chi connectivity index (χ1v) is 10.7. The largest absolute Gasteiger partial charge is 0.419 e. The van der Waals surface area contributed by atoms with E-state index >= 15 is 0 Å². The van der Waals surface area contributed by atoms with Gasteiger partial charge in [0, 0.05) is 32.1 Å². The average molecular weight is 498 g/mol. The molecule has 0 radical (unpaired) electrons. The maximum atomic E-state index is 13.9. The summed E-state index contributed by atoms with van der Waals surface area (Å²) in [6.45, 7) is 0. The zero-order valence-electron chi connectivity index (χ0n) is 18.0. The summed E-state index contributed by atoms with van der Waals surface area (Å²) >= 11 is 1.01. The molecule has 1 unspecified atom stereocenters. The van der Waals surface area contributed by atoms with Crippen LogP contribution in [0.2, 0.25) is 0 Å². The molecule has 2 aliphatic rings. The van der Waals surface area contributed by atoms with Crippen molar-refractivity contribution < 1.29 is 31.9 Å². The molecular formula is C20H18F4N6O3S. The number of benzene rings is 1. The number of nitrogens with zero attached hydrogens (tertiary/aromatic N) is 4.